The molecular weight excluding hydrogens is 363 g/mol. The predicted octanol–water partition coefficient (Wildman–Crippen LogP) is 3.63. The van der Waals surface area contributed by atoms with Crippen molar-refractivity contribution in [1.29, 1.82) is 0 Å². The maximum absolute atomic E-state index is 14.1. The number of aryl methyl sites for hydroxylation is 1. The summed E-state index contributed by atoms with van der Waals surface area (Å²) in [5.41, 5.74) is 3.33. The number of aromatic nitrogens is 5. The van der Waals surface area contributed by atoms with E-state index in [0.717, 1.165) is 16.6 Å². The van der Waals surface area contributed by atoms with E-state index in [2.05, 4.69) is 41.8 Å². The Balaban J connectivity index is 1.91. The standard InChI is InChI=1S/C15H10BrFN6/c1-8-2-4-12-13(6-8)23-15(20-21-22-23)14(19-12)18-11-5-3-9(16)7-10(11)17/h2-7H,1H3,(H,18,19). The number of rotatable bonds is 2. The molecule has 23 heavy (non-hydrogen) atoms. The molecule has 0 spiro atoms. The van der Waals surface area contributed by atoms with E-state index >= 15 is 0 Å². The third-order valence-electron chi connectivity index (χ3n) is 3.46. The normalized spacial score (nSPS) is 11.3. The summed E-state index contributed by atoms with van der Waals surface area (Å²) >= 11 is 3.23. The molecule has 8 heteroatoms. The lowest BCUT2D eigenvalue weighted by molar-refractivity contribution is 0.631. The van der Waals surface area contributed by atoms with Gasteiger partial charge in [0, 0.05) is 4.47 Å². The fourth-order valence-electron chi connectivity index (χ4n) is 2.37. The van der Waals surface area contributed by atoms with Crippen molar-refractivity contribution in [3.05, 3.63) is 52.3 Å². The average molecular weight is 373 g/mol. The number of fused-ring (bicyclic) bond motifs is 3. The van der Waals surface area contributed by atoms with Gasteiger partial charge in [0.15, 0.2) is 5.82 Å². The molecule has 0 atom stereocenters. The molecule has 0 aliphatic rings. The molecule has 0 aliphatic carbocycles. The molecule has 2 aromatic carbocycles. The zero-order valence-corrected chi connectivity index (χ0v) is 13.5. The first-order valence-electron chi connectivity index (χ1n) is 6.82. The molecule has 6 nitrogen and oxygen atoms in total. The fraction of sp³-hybridized carbons (Fsp3) is 0.0667. The van der Waals surface area contributed by atoms with Crippen LogP contribution in [0.3, 0.4) is 0 Å². The van der Waals surface area contributed by atoms with E-state index in [0.29, 0.717) is 21.6 Å². The predicted molar refractivity (Wildman–Crippen MR) is 88.2 cm³/mol. The van der Waals surface area contributed by atoms with Crippen LogP contribution in [0, 0.1) is 12.7 Å². The minimum Gasteiger partial charge on any atom is -0.335 e. The molecule has 4 aromatic rings. The largest absolute Gasteiger partial charge is 0.335 e. The van der Waals surface area contributed by atoms with Crippen LogP contribution < -0.4 is 5.32 Å². The van der Waals surface area contributed by atoms with E-state index in [-0.39, 0.29) is 0 Å². The van der Waals surface area contributed by atoms with Crippen molar-refractivity contribution in [1.82, 2.24) is 25.0 Å². The molecule has 2 heterocycles. The Kier molecular flexibility index (Phi) is 3.19. The van der Waals surface area contributed by atoms with Gasteiger partial charge in [0.05, 0.1) is 16.7 Å². The van der Waals surface area contributed by atoms with Crippen LogP contribution in [0.5, 0.6) is 0 Å². The van der Waals surface area contributed by atoms with Gasteiger partial charge in [-0.15, -0.1) is 5.10 Å². The van der Waals surface area contributed by atoms with Crippen LogP contribution >= 0.6 is 15.9 Å². The third-order valence-corrected chi connectivity index (χ3v) is 3.95. The topological polar surface area (TPSA) is 68.0 Å². The van der Waals surface area contributed by atoms with Gasteiger partial charge in [-0.2, -0.15) is 4.52 Å². The first kappa shape index (κ1) is 14.0. The van der Waals surface area contributed by atoms with Crippen LogP contribution in [-0.4, -0.2) is 25.0 Å². The van der Waals surface area contributed by atoms with Crippen LogP contribution in [0.1, 0.15) is 5.56 Å². The molecule has 0 aliphatic heterocycles. The van der Waals surface area contributed by atoms with Crippen LogP contribution in [0.4, 0.5) is 15.9 Å². The summed E-state index contributed by atoms with van der Waals surface area (Å²) in [6.45, 7) is 1.99. The van der Waals surface area contributed by atoms with E-state index in [1.807, 2.05) is 25.1 Å². The van der Waals surface area contributed by atoms with Gasteiger partial charge in [0.2, 0.25) is 5.65 Å². The Labute approximate surface area is 138 Å². The first-order chi connectivity index (χ1) is 11.1. The quantitative estimate of drug-likeness (QED) is 0.581. The van der Waals surface area contributed by atoms with Crippen molar-refractivity contribution in [3.63, 3.8) is 0 Å². The van der Waals surface area contributed by atoms with E-state index in [4.69, 9.17) is 0 Å². The van der Waals surface area contributed by atoms with Crippen LogP contribution in [-0.2, 0) is 0 Å². The summed E-state index contributed by atoms with van der Waals surface area (Å²) in [6, 6.07) is 10.5. The molecule has 0 saturated heterocycles. The molecule has 4 rings (SSSR count). The highest BCUT2D eigenvalue weighted by atomic mass is 79.9. The number of nitrogens with zero attached hydrogens (tertiary/aromatic N) is 5. The summed E-state index contributed by atoms with van der Waals surface area (Å²) in [4.78, 5) is 4.52. The molecular formula is C15H10BrFN6. The zero-order valence-electron chi connectivity index (χ0n) is 12.0. The average Bonchev–Trinajstić information content (AvgIpc) is 3.01. The highest BCUT2D eigenvalue weighted by molar-refractivity contribution is 9.10. The number of halogens is 2. The Morgan fingerprint density at radius 1 is 1.17 bits per heavy atom. The molecule has 2 aromatic heterocycles. The molecule has 114 valence electrons. The molecule has 0 bridgehead atoms. The van der Waals surface area contributed by atoms with Gasteiger partial charge in [-0.3, -0.25) is 0 Å². The van der Waals surface area contributed by atoms with Crippen molar-refractivity contribution in [2.45, 2.75) is 6.92 Å². The van der Waals surface area contributed by atoms with E-state index in [1.54, 1.807) is 16.6 Å². The van der Waals surface area contributed by atoms with Crippen molar-refractivity contribution in [2.24, 2.45) is 0 Å². The minimum absolute atomic E-state index is 0.303. The second-order valence-electron chi connectivity index (χ2n) is 5.12. The summed E-state index contributed by atoms with van der Waals surface area (Å²) in [5, 5.41) is 14.7. The van der Waals surface area contributed by atoms with Crippen molar-refractivity contribution >= 4 is 44.1 Å². The van der Waals surface area contributed by atoms with Gasteiger partial charge in [-0.1, -0.05) is 22.0 Å². The van der Waals surface area contributed by atoms with Gasteiger partial charge in [-0.05, 0) is 53.2 Å². The monoisotopic (exact) mass is 372 g/mol. The summed E-state index contributed by atoms with van der Waals surface area (Å²) in [5.74, 6) is 0.00313. The van der Waals surface area contributed by atoms with Gasteiger partial charge in [0.25, 0.3) is 0 Å². The Morgan fingerprint density at radius 3 is 2.87 bits per heavy atom. The molecule has 0 radical (unpaired) electrons. The number of nitrogens with one attached hydrogen (secondary N) is 1. The number of hydrogen-bond acceptors (Lipinski definition) is 5. The van der Waals surface area contributed by atoms with Crippen LogP contribution in [0.2, 0.25) is 0 Å². The lowest BCUT2D eigenvalue weighted by Crippen LogP contribution is -2.02. The molecule has 0 unspecified atom stereocenters. The van der Waals surface area contributed by atoms with Gasteiger partial charge in [-0.25, -0.2) is 9.37 Å². The maximum atomic E-state index is 14.1. The number of benzene rings is 2. The van der Waals surface area contributed by atoms with E-state index in [1.165, 1.54) is 6.07 Å². The van der Waals surface area contributed by atoms with Crippen molar-refractivity contribution in [3.8, 4) is 0 Å². The molecule has 0 saturated carbocycles. The Morgan fingerprint density at radius 2 is 2.04 bits per heavy atom. The highest BCUT2D eigenvalue weighted by Gasteiger charge is 2.13. The zero-order chi connectivity index (χ0) is 16.0. The minimum atomic E-state index is -0.393. The van der Waals surface area contributed by atoms with Gasteiger partial charge in [0.1, 0.15) is 5.82 Å². The van der Waals surface area contributed by atoms with E-state index in [9.17, 15) is 4.39 Å². The lowest BCUT2D eigenvalue weighted by Gasteiger charge is -2.09. The van der Waals surface area contributed by atoms with Crippen LogP contribution in [0.25, 0.3) is 16.7 Å². The molecule has 1 N–H and O–H groups in total. The SMILES string of the molecule is Cc1ccc2nc(Nc3ccc(Br)cc3F)c3nnnn3c2c1. The smallest absolute Gasteiger partial charge is 0.222 e. The highest BCUT2D eigenvalue weighted by Crippen LogP contribution is 2.26. The third kappa shape index (κ3) is 2.40. The summed E-state index contributed by atoms with van der Waals surface area (Å²) < 4.78 is 16.3. The second kappa shape index (κ2) is 5.24. The molecule has 0 fully saturated rings. The van der Waals surface area contributed by atoms with Crippen LogP contribution in [0.15, 0.2) is 40.9 Å². The number of anilines is 2. The lowest BCUT2D eigenvalue weighted by atomic mass is 10.2. The molecule has 0 amide bonds. The number of tetrazole rings is 1. The second-order valence-corrected chi connectivity index (χ2v) is 6.03. The maximum Gasteiger partial charge on any atom is 0.222 e. The first-order valence-corrected chi connectivity index (χ1v) is 7.62. The Bertz CT molecular complexity index is 1040. The van der Waals surface area contributed by atoms with Crippen molar-refractivity contribution in [2.75, 3.05) is 5.32 Å². The fourth-order valence-corrected chi connectivity index (χ4v) is 2.70. The summed E-state index contributed by atoms with van der Waals surface area (Å²) in [7, 11) is 0. The van der Waals surface area contributed by atoms with Gasteiger partial charge >= 0.3 is 0 Å². The Hall–Kier alpha value is -2.61. The van der Waals surface area contributed by atoms with Gasteiger partial charge < -0.3 is 5.32 Å². The van der Waals surface area contributed by atoms with E-state index < -0.39 is 5.82 Å². The number of hydrogen-bond donors (Lipinski definition) is 1. The van der Waals surface area contributed by atoms with Crippen molar-refractivity contribution < 1.29 is 4.39 Å². The summed E-state index contributed by atoms with van der Waals surface area (Å²) in [6.07, 6.45) is 0.